The summed E-state index contributed by atoms with van der Waals surface area (Å²) in [6.07, 6.45) is 0. The minimum Gasteiger partial charge on any atom is -0.465 e. The van der Waals surface area contributed by atoms with E-state index in [1.807, 2.05) is 19.0 Å². The Bertz CT molecular complexity index is 472. The topological polar surface area (TPSA) is 29.5 Å². The summed E-state index contributed by atoms with van der Waals surface area (Å²) in [6, 6.07) is 5.03. The molecule has 0 aromatic heterocycles. The second-order valence-electron chi connectivity index (χ2n) is 3.73. The van der Waals surface area contributed by atoms with Crippen LogP contribution in [0.15, 0.2) is 18.2 Å². The molecule has 0 spiro atoms. The molecule has 17 heavy (non-hydrogen) atoms. The summed E-state index contributed by atoms with van der Waals surface area (Å²) in [5, 5.41) is 0.355. The molecule has 0 radical (unpaired) electrons. The summed E-state index contributed by atoms with van der Waals surface area (Å²) in [4.78, 5) is 13.3. The summed E-state index contributed by atoms with van der Waals surface area (Å²) in [7, 11) is 5.22. The minimum atomic E-state index is -0.442. The second-order valence-corrected chi connectivity index (χ2v) is 4.13. The van der Waals surface area contributed by atoms with Crippen molar-refractivity contribution in [3.63, 3.8) is 0 Å². The van der Waals surface area contributed by atoms with Gasteiger partial charge >= 0.3 is 5.97 Å². The van der Waals surface area contributed by atoms with Gasteiger partial charge in [0.25, 0.3) is 0 Å². The molecule has 0 unspecified atom stereocenters. The van der Waals surface area contributed by atoms with Gasteiger partial charge in [-0.25, -0.2) is 4.79 Å². The zero-order valence-corrected chi connectivity index (χ0v) is 10.8. The Morgan fingerprint density at radius 2 is 2.18 bits per heavy atom. The number of ether oxygens (including phenoxy) is 1. The highest BCUT2D eigenvalue weighted by Crippen LogP contribution is 2.18. The van der Waals surface area contributed by atoms with Crippen LogP contribution in [0.3, 0.4) is 0 Å². The Kier molecular flexibility index (Phi) is 5.02. The zero-order chi connectivity index (χ0) is 12.8. The van der Waals surface area contributed by atoms with Gasteiger partial charge in [0.1, 0.15) is 0 Å². The molecule has 3 nitrogen and oxygen atoms in total. The molecular formula is C13H14ClNO2. The molecule has 0 amide bonds. The van der Waals surface area contributed by atoms with E-state index >= 15 is 0 Å². The van der Waals surface area contributed by atoms with Crippen molar-refractivity contribution in [1.82, 2.24) is 4.90 Å². The van der Waals surface area contributed by atoms with E-state index in [-0.39, 0.29) is 0 Å². The number of nitrogens with zero attached hydrogens (tertiary/aromatic N) is 1. The third-order valence-electron chi connectivity index (χ3n) is 2.00. The van der Waals surface area contributed by atoms with E-state index < -0.39 is 5.97 Å². The third-order valence-corrected chi connectivity index (χ3v) is 2.32. The standard InChI is InChI=1S/C13H14ClNO2/c1-15(2)8-4-5-10-6-7-11(12(14)9-10)13(16)17-3/h6-7,9H,8H2,1-3H3. The van der Waals surface area contributed by atoms with Gasteiger partial charge in [-0.15, -0.1) is 0 Å². The van der Waals surface area contributed by atoms with Crippen molar-refractivity contribution in [2.45, 2.75) is 0 Å². The van der Waals surface area contributed by atoms with Crippen LogP contribution in [-0.4, -0.2) is 38.6 Å². The largest absolute Gasteiger partial charge is 0.465 e. The average molecular weight is 252 g/mol. The Hall–Kier alpha value is -1.50. The SMILES string of the molecule is COC(=O)c1ccc(C#CCN(C)C)cc1Cl. The van der Waals surface area contributed by atoms with E-state index in [0.29, 0.717) is 17.1 Å². The van der Waals surface area contributed by atoms with Gasteiger partial charge in [0, 0.05) is 5.56 Å². The number of methoxy groups -OCH3 is 1. The number of hydrogen-bond donors (Lipinski definition) is 0. The number of carbonyl (C=O) groups is 1. The van der Waals surface area contributed by atoms with Crippen LogP contribution in [0.1, 0.15) is 15.9 Å². The first-order chi connectivity index (χ1) is 8.04. The predicted molar refractivity (Wildman–Crippen MR) is 68.2 cm³/mol. The smallest absolute Gasteiger partial charge is 0.339 e. The van der Waals surface area contributed by atoms with Gasteiger partial charge < -0.3 is 4.74 Å². The van der Waals surface area contributed by atoms with Gasteiger partial charge in [0.15, 0.2) is 0 Å². The van der Waals surface area contributed by atoms with E-state index in [2.05, 4.69) is 16.6 Å². The zero-order valence-electron chi connectivity index (χ0n) is 10.1. The third kappa shape index (κ3) is 4.10. The molecule has 0 saturated heterocycles. The van der Waals surface area contributed by atoms with Crippen molar-refractivity contribution in [2.24, 2.45) is 0 Å². The number of halogens is 1. The molecule has 0 aliphatic rings. The van der Waals surface area contributed by atoms with Crippen LogP contribution >= 0.6 is 11.6 Å². The first-order valence-corrected chi connectivity index (χ1v) is 5.44. The lowest BCUT2D eigenvalue weighted by Crippen LogP contribution is -2.10. The molecule has 1 aromatic carbocycles. The van der Waals surface area contributed by atoms with Crippen molar-refractivity contribution in [1.29, 1.82) is 0 Å². The summed E-state index contributed by atoms with van der Waals surface area (Å²) in [5.74, 6) is 5.52. The van der Waals surface area contributed by atoms with Crippen LogP contribution in [0.25, 0.3) is 0 Å². The quantitative estimate of drug-likeness (QED) is 0.595. The maximum absolute atomic E-state index is 11.3. The maximum Gasteiger partial charge on any atom is 0.339 e. The molecule has 0 heterocycles. The summed E-state index contributed by atoms with van der Waals surface area (Å²) in [5.41, 5.74) is 1.14. The lowest BCUT2D eigenvalue weighted by Gasteiger charge is -2.03. The van der Waals surface area contributed by atoms with Gasteiger partial charge in [0.05, 0.1) is 24.2 Å². The number of rotatable bonds is 2. The molecule has 0 atom stereocenters. The highest BCUT2D eigenvalue weighted by molar-refractivity contribution is 6.33. The van der Waals surface area contributed by atoms with Gasteiger partial charge in [-0.2, -0.15) is 0 Å². The van der Waals surface area contributed by atoms with E-state index in [1.54, 1.807) is 18.2 Å². The fourth-order valence-corrected chi connectivity index (χ4v) is 1.43. The van der Waals surface area contributed by atoms with Crippen LogP contribution in [0.4, 0.5) is 0 Å². The van der Waals surface area contributed by atoms with Crippen LogP contribution in [0.5, 0.6) is 0 Å². The van der Waals surface area contributed by atoms with Gasteiger partial charge in [-0.1, -0.05) is 23.4 Å². The lowest BCUT2D eigenvalue weighted by molar-refractivity contribution is 0.0601. The van der Waals surface area contributed by atoms with Crippen molar-refractivity contribution >= 4 is 17.6 Å². The monoisotopic (exact) mass is 251 g/mol. The lowest BCUT2D eigenvalue weighted by atomic mass is 10.1. The maximum atomic E-state index is 11.3. The molecule has 0 fully saturated rings. The Balaban J connectivity index is 2.88. The Labute approximate surface area is 106 Å². The molecule has 0 N–H and O–H groups in total. The van der Waals surface area contributed by atoms with Crippen molar-refractivity contribution in [3.05, 3.63) is 34.3 Å². The minimum absolute atomic E-state index is 0.354. The number of benzene rings is 1. The van der Waals surface area contributed by atoms with Crippen molar-refractivity contribution in [2.75, 3.05) is 27.7 Å². The molecule has 1 rings (SSSR count). The average Bonchev–Trinajstić information content (AvgIpc) is 2.28. The first kappa shape index (κ1) is 13.6. The first-order valence-electron chi connectivity index (χ1n) is 5.06. The predicted octanol–water partition coefficient (Wildman–Crippen LogP) is 2.04. The highest BCUT2D eigenvalue weighted by Gasteiger charge is 2.09. The molecule has 0 bridgehead atoms. The molecule has 90 valence electrons. The van der Waals surface area contributed by atoms with E-state index in [0.717, 1.165) is 5.56 Å². The summed E-state index contributed by atoms with van der Waals surface area (Å²) >= 11 is 5.97. The number of hydrogen-bond acceptors (Lipinski definition) is 3. The highest BCUT2D eigenvalue weighted by atomic mass is 35.5. The molecular weight excluding hydrogens is 238 g/mol. The molecule has 4 heteroatoms. The van der Waals surface area contributed by atoms with Crippen molar-refractivity contribution < 1.29 is 9.53 Å². The van der Waals surface area contributed by atoms with E-state index in [1.165, 1.54) is 7.11 Å². The second kappa shape index (κ2) is 6.29. The summed E-state index contributed by atoms with van der Waals surface area (Å²) in [6.45, 7) is 0.677. The Morgan fingerprint density at radius 1 is 1.47 bits per heavy atom. The molecule has 0 aliphatic carbocycles. The molecule has 1 aromatic rings. The number of esters is 1. The van der Waals surface area contributed by atoms with Gasteiger partial charge in [-0.3, -0.25) is 4.90 Å². The fourth-order valence-electron chi connectivity index (χ4n) is 1.17. The van der Waals surface area contributed by atoms with Crippen LogP contribution in [0.2, 0.25) is 5.02 Å². The normalized spacial score (nSPS) is 9.71. The van der Waals surface area contributed by atoms with Crippen LogP contribution in [0, 0.1) is 11.8 Å². The van der Waals surface area contributed by atoms with Crippen LogP contribution in [-0.2, 0) is 4.74 Å². The van der Waals surface area contributed by atoms with Gasteiger partial charge in [-0.05, 0) is 32.3 Å². The Morgan fingerprint density at radius 3 is 2.71 bits per heavy atom. The van der Waals surface area contributed by atoms with E-state index in [4.69, 9.17) is 11.6 Å². The fraction of sp³-hybridized carbons (Fsp3) is 0.308. The van der Waals surface area contributed by atoms with Gasteiger partial charge in [0.2, 0.25) is 0 Å². The summed E-state index contributed by atoms with van der Waals surface area (Å²) < 4.78 is 4.60. The molecule has 0 saturated carbocycles. The molecule has 0 aliphatic heterocycles. The van der Waals surface area contributed by atoms with Crippen molar-refractivity contribution in [3.8, 4) is 11.8 Å². The number of carbonyl (C=O) groups excluding carboxylic acids is 1. The van der Waals surface area contributed by atoms with Crippen LogP contribution < -0.4 is 0 Å². The van der Waals surface area contributed by atoms with E-state index in [9.17, 15) is 4.79 Å².